The van der Waals surface area contributed by atoms with Crippen molar-refractivity contribution < 1.29 is 17.9 Å². The molecule has 5 nitrogen and oxygen atoms in total. The Morgan fingerprint density at radius 1 is 1.16 bits per heavy atom. The number of nitrogens with zero attached hydrogens (tertiary/aromatic N) is 3. The third kappa shape index (κ3) is 4.32. The first-order valence-electron chi connectivity index (χ1n) is 7.65. The number of benzene rings is 1. The molecule has 0 unspecified atom stereocenters. The molecule has 1 saturated heterocycles. The highest BCUT2D eigenvalue weighted by Crippen LogP contribution is 2.34. The minimum atomic E-state index is -4.45. The number of hydrogen-bond acceptors (Lipinski definition) is 5. The molecule has 0 saturated carbocycles. The standard InChI is InChI=1S/C16H16ClF3N4O/c1-10-8-14(24-4-6-25-7-5-24)23-15(21-10)22-13-9-11(16(18,19)20)2-3-12(13)17/h2-3,8-9H,4-7H2,1H3,(H,21,22,23). The van der Waals surface area contributed by atoms with Gasteiger partial charge < -0.3 is 15.0 Å². The Hall–Kier alpha value is -2.06. The van der Waals surface area contributed by atoms with E-state index in [-0.39, 0.29) is 16.7 Å². The van der Waals surface area contributed by atoms with Gasteiger partial charge >= 0.3 is 6.18 Å². The second-order valence-electron chi connectivity index (χ2n) is 5.61. The van der Waals surface area contributed by atoms with Gasteiger partial charge in [0.2, 0.25) is 5.95 Å². The summed E-state index contributed by atoms with van der Waals surface area (Å²) in [4.78, 5) is 10.7. The quantitative estimate of drug-likeness (QED) is 0.881. The lowest BCUT2D eigenvalue weighted by Crippen LogP contribution is -2.36. The van der Waals surface area contributed by atoms with Crippen LogP contribution in [0.2, 0.25) is 5.02 Å². The lowest BCUT2D eigenvalue weighted by molar-refractivity contribution is -0.137. The molecule has 9 heteroatoms. The second kappa shape index (κ2) is 7.05. The number of morpholine rings is 1. The Labute approximate surface area is 147 Å². The van der Waals surface area contributed by atoms with E-state index >= 15 is 0 Å². The molecule has 1 aliphatic rings. The zero-order valence-corrected chi connectivity index (χ0v) is 14.2. The predicted octanol–water partition coefficient (Wildman–Crippen LogP) is 4.04. The summed E-state index contributed by atoms with van der Waals surface area (Å²) >= 11 is 6.01. The lowest BCUT2D eigenvalue weighted by Gasteiger charge is -2.28. The predicted molar refractivity (Wildman–Crippen MR) is 89.5 cm³/mol. The van der Waals surface area contributed by atoms with Gasteiger partial charge in [0, 0.05) is 24.8 Å². The third-order valence-electron chi connectivity index (χ3n) is 3.72. The fraction of sp³-hybridized carbons (Fsp3) is 0.375. The van der Waals surface area contributed by atoms with Crippen LogP contribution in [0.15, 0.2) is 24.3 Å². The van der Waals surface area contributed by atoms with Gasteiger partial charge in [-0.25, -0.2) is 4.98 Å². The van der Waals surface area contributed by atoms with E-state index in [0.717, 1.165) is 12.1 Å². The Morgan fingerprint density at radius 2 is 1.88 bits per heavy atom. The van der Waals surface area contributed by atoms with E-state index in [1.807, 2.05) is 11.0 Å². The van der Waals surface area contributed by atoms with E-state index in [1.54, 1.807) is 6.92 Å². The van der Waals surface area contributed by atoms with Gasteiger partial charge in [-0.3, -0.25) is 0 Å². The maximum Gasteiger partial charge on any atom is 0.416 e. The first-order valence-corrected chi connectivity index (χ1v) is 8.03. The zero-order chi connectivity index (χ0) is 18.0. The first-order chi connectivity index (χ1) is 11.8. The van der Waals surface area contributed by atoms with Crippen molar-refractivity contribution in [2.75, 3.05) is 36.5 Å². The van der Waals surface area contributed by atoms with Crippen LogP contribution in [0.25, 0.3) is 0 Å². The maximum absolute atomic E-state index is 12.9. The molecule has 25 heavy (non-hydrogen) atoms. The molecule has 0 aliphatic carbocycles. The third-order valence-corrected chi connectivity index (χ3v) is 4.05. The molecule has 2 aromatic rings. The number of alkyl halides is 3. The molecule has 134 valence electrons. The summed E-state index contributed by atoms with van der Waals surface area (Å²) in [6.45, 7) is 4.39. The summed E-state index contributed by atoms with van der Waals surface area (Å²) in [7, 11) is 0. The molecule has 0 amide bonds. The van der Waals surface area contributed by atoms with Gasteiger partial charge in [0.25, 0.3) is 0 Å². The van der Waals surface area contributed by atoms with Crippen molar-refractivity contribution in [3.05, 3.63) is 40.5 Å². The minimum Gasteiger partial charge on any atom is -0.378 e. The fourth-order valence-corrected chi connectivity index (χ4v) is 2.64. The molecule has 1 fully saturated rings. The van der Waals surface area contributed by atoms with Crippen LogP contribution in [0.5, 0.6) is 0 Å². The van der Waals surface area contributed by atoms with E-state index in [9.17, 15) is 13.2 Å². The molecule has 0 radical (unpaired) electrons. The summed E-state index contributed by atoms with van der Waals surface area (Å²) in [6.07, 6.45) is -4.45. The summed E-state index contributed by atoms with van der Waals surface area (Å²) in [5.41, 5.74) is 0.0116. The van der Waals surface area contributed by atoms with Crippen LogP contribution < -0.4 is 10.2 Å². The van der Waals surface area contributed by atoms with Gasteiger partial charge in [0.15, 0.2) is 0 Å². The highest BCUT2D eigenvalue weighted by molar-refractivity contribution is 6.33. The van der Waals surface area contributed by atoms with Crippen molar-refractivity contribution in [1.29, 1.82) is 0 Å². The van der Waals surface area contributed by atoms with Gasteiger partial charge in [0.05, 0.1) is 29.5 Å². The molecule has 3 rings (SSSR count). The topological polar surface area (TPSA) is 50.3 Å². The minimum absolute atomic E-state index is 0.106. The average molecular weight is 373 g/mol. The van der Waals surface area contributed by atoms with E-state index in [1.165, 1.54) is 6.07 Å². The number of ether oxygens (including phenoxy) is 1. The smallest absolute Gasteiger partial charge is 0.378 e. The molecular weight excluding hydrogens is 357 g/mol. The van der Waals surface area contributed by atoms with Crippen molar-refractivity contribution in [2.45, 2.75) is 13.1 Å². The number of rotatable bonds is 3. The van der Waals surface area contributed by atoms with Crippen molar-refractivity contribution in [3.8, 4) is 0 Å². The van der Waals surface area contributed by atoms with Gasteiger partial charge in [0.1, 0.15) is 5.82 Å². The van der Waals surface area contributed by atoms with Crippen molar-refractivity contribution in [2.24, 2.45) is 0 Å². The Balaban J connectivity index is 1.89. The van der Waals surface area contributed by atoms with E-state index < -0.39 is 11.7 Å². The Kier molecular flexibility index (Phi) is 5.01. The zero-order valence-electron chi connectivity index (χ0n) is 13.4. The van der Waals surface area contributed by atoms with Crippen LogP contribution in [0.3, 0.4) is 0 Å². The average Bonchev–Trinajstić information content (AvgIpc) is 2.56. The van der Waals surface area contributed by atoms with Gasteiger partial charge in [-0.05, 0) is 25.1 Å². The van der Waals surface area contributed by atoms with Crippen molar-refractivity contribution in [3.63, 3.8) is 0 Å². The largest absolute Gasteiger partial charge is 0.416 e. The van der Waals surface area contributed by atoms with Gasteiger partial charge in [-0.15, -0.1) is 0 Å². The van der Waals surface area contributed by atoms with Crippen LogP contribution in [0, 0.1) is 6.92 Å². The number of aromatic nitrogens is 2. The molecule has 2 heterocycles. The molecule has 1 aromatic heterocycles. The summed E-state index contributed by atoms with van der Waals surface area (Å²) in [6, 6.07) is 4.90. The monoisotopic (exact) mass is 372 g/mol. The Morgan fingerprint density at radius 3 is 2.56 bits per heavy atom. The molecule has 1 aliphatic heterocycles. The molecule has 0 bridgehead atoms. The van der Waals surface area contributed by atoms with Crippen molar-refractivity contribution >= 4 is 29.1 Å². The summed E-state index contributed by atoms with van der Waals surface area (Å²) < 4.78 is 44.0. The molecule has 0 spiro atoms. The summed E-state index contributed by atoms with van der Waals surface area (Å²) in [5, 5.41) is 2.95. The van der Waals surface area contributed by atoms with Crippen LogP contribution in [-0.2, 0) is 10.9 Å². The number of nitrogens with one attached hydrogen (secondary N) is 1. The van der Waals surface area contributed by atoms with E-state index in [0.29, 0.717) is 37.8 Å². The molecule has 1 N–H and O–H groups in total. The SMILES string of the molecule is Cc1cc(N2CCOCC2)nc(Nc2cc(C(F)(F)F)ccc2Cl)n1. The molecular formula is C16H16ClF3N4O. The van der Waals surface area contributed by atoms with E-state index in [2.05, 4.69) is 15.3 Å². The lowest BCUT2D eigenvalue weighted by atomic mass is 10.2. The van der Waals surface area contributed by atoms with Crippen molar-refractivity contribution in [1.82, 2.24) is 9.97 Å². The highest BCUT2D eigenvalue weighted by atomic mass is 35.5. The number of halogens is 4. The highest BCUT2D eigenvalue weighted by Gasteiger charge is 2.31. The van der Waals surface area contributed by atoms with E-state index in [4.69, 9.17) is 16.3 Å². The van der Waals surface area contributed by atoms with Crippen LogP contribution >= 0.6 is 11.6 Å². The van der Waals surface area contributed by atoms with Gasteiger partial charge in [-0.1, -0.05) is 11.6 Å². The number of aryl methyl sites for hydroxylation is 1. The molecule has 1 aromatic carbocycles. The number of anilines is 3. The first kappa shape index (κ1) is 17.8. The normalized spacial score (nSPS) is 15.3. The molecule has 0 atom stereocenters. The maximum atomic E-state index is 12.9. The van der Waals surface area contributed by atoms with Crippen LogP contribution in [0.4, 0.5) is 30.6 Å². The van der Waals surface area contributed by atoms with Crippen LogP contribution in [-0.4, -0.2) is 36.3 Å². The van der Waals surface area contributed by atoms with Crippen LogP contribution in [0.1, 0.15) is 11.3 Å². The fourth-order valence-electron chi connectivity index (χ4n) is 2.48. The Bertz CT molecular complexity index is 764. The second-order valence-corrected chi connectivity index (χ2v) is 6.02. The van der Waals surface area contributed by atoms with Gasteiger partial charge in [-0.2, -0.15) is 18.2 Å². The number of hydrogen-bond donors (Lipinski definition) is 1. The summed E-state index contributed by atoms with van der Waals surface area (Å²) in [5.74, 6) is 0.893.